The molecule has 6 nitrogen and oxygen atoms in total. The van der Waals surface area contributed by atoms with Crippen molar-refractivity contribution in [2.24, 2.45) is 0 Å². The number of sulfonamides is 1. The third-order valence-electron chi connectivity index (χ3n) is 4.22. The summed E-state index contributed by atoms with van der Waals surface area (Å²) in [6.07, 6.45) is 0. The monoisotopic (exact) mass is 449 g/mol. The minimum absolute atomic E-state index is 0.149. The van der Waals surface area contributed by atoms with Crippen LogP contribution in [-0.4, -0.2) is 43.5 Å². The van der Waals surface area contributed by atoms with E-state index in [-0.39, 0.29) is 16.6 Å². The second-order valence-electron chi connectivity index (χ2n) is 6.59. The van der Waals surface area contributed by atoms with Crippen molar-refractivity contribution in [3.63, 3.8) is 0 Å². The molecule has 0 aliphatic carbocycles. The number of amides is 1. The molecule has 0 saturated heterocycles. The van der Waals surface area contributed by atoms with Crippen molar-refractivity contribution in [3.05, 3.63) is 59.1 Å². The Balaban J connectivity index is 1.75. The van der Waals surface area contributed by atoms with Gasteiger partial charge >= 0.3 is 0 Å². The quantitative estimate of drug-likeness (QED) is 0.571. The molecule has 1 N–H and O–H groups in total. The maximum atomic E-state index is 12.3. The Bertz CT molecular complexity index is 1160. The van der Waals surface area contributed by atoms with Gasteiger partial charge in [0.1, 0.15) is 0 Å². The van der Waals surface area contributed by atoms with E-state index >= 15 is 0 Å². The minimum Gasteiger partial charge on any atom is -0.325 e. The zero-order valence-corrected chi connectivity index (χ0v) is 18.5. The molecule has 0 saturated carbocycles. The molecule has 0 unspecified atom stereocenters. The van der Waals surface area contributed by atoms with Crippen LogP contribution in [0.5, 0.6) is 0 Å². The fourth-order valence-electron chi connectivity index (χ4n) is 2.66. The largest absolute Gasteiger partial charge is 0.325 e. The van der Waals surface area contributed by atoms with E-state index in [0.717, 1.165) is 10.9 Å². The van der Waals surface area contributed by atoms with Gasteiger partial charge in [-0.25, -0.2) is 17.7 Å². The number of rotatable bonds is 6. The molecule has 29 heavy (non-hydrogen) atoms. The fraction of sp³-hybridized carbons (Fsp3) is 0.200. The Morgan fingerprint density at radius 3 is 2.48 bits per heavy atom. The van der Waals surface area contributed by atoms with Crippen LogP contribution in [0.15, 0.2) is 58.5 Å². The first-order valence-electron chi connectivity index (χ1n) is 8.69. The van der Waals surface area contributed by atoms with Gasteiger partial charge in [0.2, 0.25) is 15.9 Å². The molecule has 3 rings (SSSR count). The number of aromatic nitrogens is 1. The fourth-order valence-corrected chi connectivity index (χ4v) is 4.49. The van der Waals surface area contributed by atoms with Crippen molar-refractivity contribution in [2.45, 2.75) is 16.8 Å². The summed E-state index contributed by atoms with van der Waals surface area (Å²) >= 11 is 7.16. The average molecular weight is 450 g/mol. The van der Waals surface area contributed by atoms with Crippen molar-refractivity contribution in [2.75, 3.05) is 25.2 Å². The van der Waals surface area contributed by atoms with Crippen LogP contribution < -0.4 is 5.32 Å². The topological polar surface area (TPSA) is 79.4 Å². The molecule has 9 heteroatoms. The maximum Gasteiger partial charge on any atom is 0.242 e. The van der Waals surface area contributed by atoms with Gasteiger partial charge in [-0.2, -0.15) is 0 Å². The van der Waals surface area contributed by atoms with E-state index in [0.29, 0.717) is 21.3 Å². The highest BCUT2D eigenvalue weighted by Gasteiger charge is 2.18. The Kier molecular flexibility index (Phi) is 6.48. The Morgan fingerprint density at radius 2 is 1.83 bits per heavy atom. The van der Waals surface area contributed by atoms with Crippen LogP contribution in [0.4, 0.5) is 5.69 Å². The van der Waals surface area contributed by atoms with Gasteiger partial charge in [0.25, 0.3) is 0 Å². The molecule has 152 valence electrons. The van der Waals surface area contributed by atoms with E-state index in [1.54, 1.807) is 42.5 Å². The number of nitrogens with zero attached hydrogens (tertiary/aromatic N) is 2. The number of aryl methyl sites for hydroxylation is 1. The van der Waals surface area contributed by atoms with Crippen LogP contribution >= 0.6 is 23.4 Å². The second kappa shape index (κ2) is 8.71. The van der Waals surface area contributed by atoms with Crippen LogP contribution in [0.3, 0.4) is 0 Å². The lowest BCUT2D eigenvalue weighted by atomic mass is 10.1. The number of halogens is 1. The van der Waals surface area contributed by atoms with Gasteiger partial charge in [-0.15, -0.1) is 0 Å². The molecule has 1 amide bonds. The molecule has 0 radical (unpaired) electrons. The van der Waals surface area contributed by atoms with Gasteiger partial charge in [-0.1, -0.05) is 23.4 Å². The first-order valence-corrected chi connectivity index (χ1v) is 11.5. The molecule has 0 aliphatic rings. The van der Waals surface area contributed by atoms with Gasteiger partial charge in [-0.3, -0.25) is 4.79 Å². The molecule has 0 aliphatic heterocycles. The standard InChI is InChI=1S/C20H20ClN3O3S2/c1-13-10-20(28-12-19(25)22-15-6-4-14(21)5-7-15)23-18-9-8-16(11-17(13)18)29(26,27)24(2)3/h4-11H,12H2,1-3H3,(H,22,25). The number of hydrogen-bond donors (Lipinski definition) is 1. The first kappa shape index (κ1) is 21.6. The van der Waals surface area contributed by atoms with Gasteiger partial charge in [0.05, 0.1) is 21.2 Å². The van der Waals surface area contributed by atoms with Gasteiger partial charge in [0.15, 0.2) is 0 Å². The molecule has 1 aromatic heterocycles. The summed E-state index contributed by atoms with van der Waals surface area (Å²) in [6.45, 7) is 1.90. The van der Waals surface area contributed by atoms with E-state index in [4.69, 9.17) is 11.6 Å². The molecule has 0 fully saturated rings. The molecule has 0 atom stereocenters. The molecule has 3 aromatic rings. The number of thioether (sulfide) groups is 1. The number of hydrogen-bond acceptors (Lipinski definition) is 5. The van der Waals surface area contributed by atoms with E-state index in [1.807, 2.05) is 13.0 Å². The van der Waals surface area contributed by atoms with Gasteiger partial charge in [0, 0.05) is 30.2 Å². The average Bonchev–Trinajstić information content (AvgIpc) is 2.68. The number of carbonyl (C=O) groups is 1. The van der Waals surface area contributed by atoms with E-state index in [1.165, 1.54) is 30.2 Å². The van der Waals surface area contributed by atoms with Crippen molar-refractivity contribution in [1.29, 1.82) is 0 Å². The number of benzene rings is 2. The summed E-state index contributed by atoms with van der Waals surface area (Å²) in [7, 11) is -0.511. The maximum absolute atomic E-state index is 12.3. The van der Waals surface area contributed by atoms with Gasteiger partial charge < -0.3 is 5.32 Å². The number of anilines is 1. The number of carbonyl (C=O) groups excluding carboxylic acids is 1. The zero-order chi connectivity index (χ0) is 21.2. The number of nitrogens with one attached hydrogen (secondary N) is 1. The van der Waals surface area contributed by atoms with Gasteiger partial charge in [-0.05, 0) is 61.0 Å². The summed E-state index contributed by atoms with van der Waals surface area (Å²) < 4.78 is 25.9. The smallest absolute Gasteiger partial charge is 0.242 e. The lowest BCUT2D eigenvalue weighted by Crippen LogP contribution is -2.22. The third-order valence-corrected chi connectivity index (χ3v) is 7.20. The number of fused-ring (bicyclic) bond motifs is 1. The van der Waals surface area contributed by atoms with Crippen molar-refractivity contribution >= 4 is 55.9 Å². The van der Waals surface area contributed by atoms with Crippen molar-refractivity contribution < 1.29 is 13.2 Å². The molecule has 0 bridgehead atoms. The van der Waals surface area contributed by atoms with E-state index in [2.05, 4.69) is 10.3 Å². The molecule has 0 spiro atoms. The van der Waals surface area contributed by atoms with Crippen LogP contribution in [0.2, 0.25) is 5.02 Å². The predicted octanol–water partition coefficient (Wildman–Crippen LogP) is 4.18. The SMILES string of the molecule is Cc1cc(SCC(=O)Nc2ccc(Cl)cc2)nc2ccc(S(=O)(=O)N(C)C)cc12. The molecule has 2 aromatic carbocycles. The number of pyridine rings is 1. The molecule has 1 heterocycles. The third kappa shape index (κ3) is 5.08. The highest BCUT2D eigenvalue weighted by molar-refractivity contribution is 7.99. The summed E-state index contributed by atoms with van der Waals surface area (Å²) in [5, 5.41) is 4.88. The predicted molar refractivity (Wildman–Crippen MR) is 118 cm³/mol. The summed E-state index contributed by atoms with van der Waals surface area (Å²) in [4.78, 5) is 17.0. The van der Waals surface area contributed by atoms with E-state index in [9.17, 15) is 13.2 Å². The Morgan fingerprint density at radius 1 is 1.14 bits per heavy atom. The van der Waals surface area contributed by atoms with E-state index < -0.39 is 10.0 Å². The summed E-state index contributed by atoms with van der Waals surface area (Å²) in [6, 6.07) is 13.6. The first-order chi connectivity index (χ1) is 13.7. The highest BCUT2D eigenvalue weighted by Crippen LogP contribution is 2.27. The lowest BCUT2D eigenvalue weighted by molar-refractivity contribution is -0.113. The highest BCUT2D eigenvalue weighted by atomic mass is 35.5. The minimum atomic E-state index is -3.51. The lowest BCUT2D eigenvalue weighted by Gasteiger charge is -2.13. The van der Waals surface area contributed by atoms with Crippen LogP contribution in [0, 0.1) is 6.92 Å². The normalized spacial score (nSPS) is 11.8. The Hall–Kier alpha value is -2.13. The van der Waals surface area contributed by atoms with Crippen LogP contribution in [0.25, 0.3) is 10.9 Å². The zero-order valence-electron chi connectivity index (χ0n) is 16.1. The van der Waals surface area contributed by atoms with Crippen LogP contribution in [-0.2, 0) is 14.8 Å². The summed E-state index contributed by atoms with van der Waals surface area (Å²) in [5.74, 6) is 0.0532. The molecular weight excluding hydrogens is 430 g/mol. The van der Waals surface area contributed by atoms with Crippen molar-refractivity contribution in [1.82, 2.24) is 9.29 Å². The van der Waals surface area contributed by atoms with Crippen LogP contribution in [0.1, 0.15) is 5.56 Å². The second-order valence-corrected chi connectivity index (χ2v) is 10.2. The Labute approximate surface area is 179 Å². The van der Waals surface area contributed by atoms with Crippen molar-refractivity contribution in [3.8, 4) is 0 Å². The molecular formula is C20H20ClN3O3S2. The summed E-state index contributed by atoms with van der Waals surface area (Å²) in [5.41, 5.74) is 2.26.